The first-order valence-electron chi connectivity index (χ1n) is 8.02. The first kappa shape index (κ1) is 22.6. The van der Waals surface area contributed by atoms with Crippen molar-refractivity contribution in [3.05, 3.63) is 52.2 Å². The minimum Gasteiger partial charge on any atom is -0.488 e. The molecule has 2 aromatic rings. The zero-order valence-electron chi connectivity index (χ0n) is 14.8. The van der Waals surface area contributed by atoms with Gasteiger partial charge < -0.3 is 15.0 Å². The molecule has 0 bridgehead atoms. The second-order valence-corrected chi connectivity index (χ2v) is 6.53. The molecule has 0 saturated carbocycles. The molecule has 0 spiro atoms. The molecular weight excluding hydrogens is 471 g/mol. The third-order valence-corrected chi connectivity index (χ3v) is 4.51. The van der Waals surface area contributed by atoms with Gasteiger partial charge in [-0.15, -0.1) is 35.3 Å². The van der Waals surface area contributed by atoms with E-state index in [0.717, 1.165) is 24.5 Å². The lowest BCUT2D eigenvalue weighted by Crippen LogP contribution is -2.39. The van der Waals surface area contributed by atoms with E-state index < -0.39 is 13.0 Å². The van der Waals surface area contributed by atoms with Gasteiger partial charge in [0, 0.05) is 32.1 Å². The summed E-state index contributed by atoms with van der Waals surface area (Å²) in [7, 11) is 3.73. The first-order chi connectivity index (χ1) is 12.1. The molecule has 0 aliphatic heterocycles. The molecule has 0 aliphatic carbocycles. The van der Waals surface area contributed by atoms with Crippen molar-refractivity contribution in [2.24, 2.45) is 4.99 Å². The Bertz CT molecular complexity index is 668. The van der Waals surface area contributed by atoms with Crippen LogP contribution in [0.1, 0.15) is 10.4 Å². The van der Waals surface area contributed by atoms with E-state index in [9.17, 15) is 8.78 Å². The van der Waals surface area contributed by atoms with Crippen LogP contribution >= 0.6 is 35.3 Å². The van der Waals surface area contributed by atoms with Gasteiger partial charge in [0.05, 0.1) is 0 Å². The van der Waals surface area contributed by atoms with Crippen LogP contribution in [0.25, 0.3) is 0 Å². The Morgan fingerprint density at radius 1 is 1.31 bits per heavy atom. The van der Waals surface area contributed by atoms with Crippen LogP contribution in [0.4, 0.5) is 8.78 Å². The van der Waals surface area contributed by atoms with Gasteiger partial charge >= 0.3 is 0 Å². The second-order valence-electron chi connectivity index (χ2n) is 5.50. The number of guanidine groups is 1. The van der Waals surface area contributed by atoms with E-state index in [2.05, 4.69) is 32.7 Å². The Morgan fingerprint density at radius 2 is 2.12 bits per heavy atom. The van der Waals surface area contributed by atoms with Crippen LogP contribution in [0.15, 0.2) is 46.8 Å². The molecular formula is C18H24F2IN3OS. The normalized spacial score (nSPS) is 11.2. The number of hydrogen-bond acceptors (Lipinski definition) is 3. The number of nitrogens with one attached hydrogen (secondary N) is 1. The van der Waals surface area contributed by atoms with Crippen LogP contribution in [-0.2, 0) is 13.0 Å². The molecule has 0 unspecified atom stereocenters. The fourth-order valence-electron chi connectivity index (χ4n) is 2.31. The Morgan fingerprint density at radius 3 is 2.77 bits per heavy atom. The summed E-state index contributed by atoms with van der Waals surface area (Å²) < 4.78 is 29.5. The molecule has 144 valence electrons. The topological polar surface area (TPSA) is 36.9 Å². The smallest absolute Gasteiger partial charge is 0.272 e. The summed E-state index contributed by atoms with van der Waals surface area (Å²) in [5, 5.41) is 5.36. The quantitative estimate of drug-likeness (QED) is 0.338. The van der Waals surface area contributed by atoms with Gasteiger partial charge in [0.1, 0.15) is 12.4 Å². The third kappa shape index (κ3) is 7.86. The van der Waals surface area contributed by atoms with Crippen LogP contribution in [-0.4, -0.2) is 44.5 Å². The van der Waals surface area contributed by atoms with Crippen LogP contribution in [0, 0.1) is 0 Å². The Balaban J connectivity index is 0.00000338. The molecule has 0 fully saturated rings. The number of likely N-dealkylation sites (N-methyl/N-ethyl adjacent to an activating group) is 1. The summed E-state index contributed by atoms with van der Waals surface area (Å²) in [6, 6.07) is 11.3. The molecule has 0 amide bonds. The van der Waals surface area contributed by atoms with E-state index in [1.54, 1.807) is 36.6 Å². The highest BCUT2D eigenvalue weighted by molar-refractivity contribution is 14.0. The van der Waals surface area contributed by atoms with E-state index in [1.165, 1.54) is 4.88 Å². The van der Waals surface area contributed by atoms with Gasteiger partial charge in [0.15, 0.2) is 5.96 Å². The number of ether oxygens (including phenoxy) is 1. The number of thiophene rings is 1. The number of nitrogens with zero attached hydrogens (tertiary/aromatic N) is 2. The standard InChI is InChI=1S/C18H23F2N3OS.HI/c1-21-18(23(2)9-8-16-7-4-10-25-16)22-12-14-5-3-6-15(11-14)24-13-17(19)20;/h3-7,10-11,17H,8-9,12-13H2,1-2H3,(H,21,22);1H. The summed E-state index contributed by atoms with van der Waals surface area (Å²) in [4.78, 5) is 7.69. The molecule has 0 radical (unpaired) electrons. The van der Waals surface area contributed by atoms with Crippen LogP contribution in [0.3, 0.4) is 0 Å². The van der Waals surface area contributed by atoms with Crippen molar-refractivity contribution < 1.29 is 13.5 Å². The van der Waals surface area contributed by atoms with Crippen molar-refractivity contribution in [1.82, 2.24) is 10.2 Å². The van der Waals surface area contributed by atoms with E-state index in [0.29, 0.717) is 12.3 Å². The van der Waals surface area contributed by atoms with Gasteiger partial charge in [-0.3, -0.25) is 4.99 Å². The highest BCUT2D eigenvalue weighted by Crippen LogP contribution is 2.14. The molecule has 0 aliphatic rings. The predicted octanol–water partition coefficient (Wildman–Crippen LogP) is 4.26. The van der Waals surface area contributed by atoms with Crippen molar-refractivity contribution >= 4 is 41.3 Å². The largest absolute Gasteiger partial charge is 0.488 e. The molecule has 4 nitrogen and oxygen atoms in total. The molecule has 26 heavy (non-hydrogen) atoms. The van der Waals surface area contributed by atoms with Gasteiger partial charge in [-0.05, 0) is 35.6 Å². The summed E-state index contributed by atoms with van der Waals surface area (Å²) in [5.74, 6) is 1.23. The van der Waals surface area contributed by atoms with Crippen molar-refractivity contribution in [1.29, 1.82) is 0 Å². The van der Waals surface area contributed by atoms with Crippen molar-refractivity contribution in [2.45, 2.75) is 19.4 Å². The average Bonchev–Trinajstić information content (AvgIpc) is 3.12. The Hall–Kier alpha value is -1.42. The van der Waals surface area contributed by atoms with Crippen molar-refractivity contribution in [3.63, 3.8) is 0 Å². The lowest BCUT2D eigenvalue weighted by atomic mass is 10.2. The zero-order chi connectivity index (χ0) is 18.1. The van der Waals surface area contributed by atoms with Crippen LogP contribution in [0.2, 0.25) is 0 Å². The number of alkyl halides is 2. The molecule has 2 rings (SSSR count). The van der Waals surface area contributed by atoms with Gasteiger partial charge in [0.2, 0.25) is 0 Å². The van der Waals surface area contributed by atoms with Gasteiger partial charge in [-0.1, -0.05) is 18.2 Å². The minimum absolute atomic E-state index is 0. The Kier molecular flexibility index (Phi) is 10.5. The Labute approximate surface area is 174 Å². The molecule has 8 heteroatoms. The average molecular weight is 495 g/mol. The van der Waals surface area contributed by atoms with Crippen molar-refractivity contribution in [2.75, 3.05) is 27.2 Å². The van der Waals surface area contributed by atoms with E-state index in [1.807, 2.05) is 13.1 Å². The molecule has 0 saturated heterocycles. The zero-order valence-corrected chi connectivity index (χ0v) is 18.0. The number of halogens is 3. The summed E-state index contributed by atoms with van der Waals surface area (Å²) in [5.41, 5.74) is 0.944. The molecule has 0 atom stereocenters. The highest BCUT2D eigenvalue weighted by atomic mass is 127. The van der Waals surface area contributed by atoms with E-state index in [4.69, 9.17) is 4.74 Å². The molecule has 1 N–H and O–H groups in total. The van der Waals surface area contributed by atoms with Gasteiger partial charge in [-0.25, -0.2) is 8.78 Å². The fraction of sp³-hybridized carbons (Fsp3) is 0.389. The monoisotopic (exact) mass is 495 g/mol. The maximum Gasteiger partial charge on any atom is 0.272 e. The third-order valence-electron chi connectivity index (χ3n) is 3.57. The fourth-order valence-corrected chi connectivity index (χ4v) is 3.01. The number of benzene rings is 1. The molecule has 1 aromatic heterocycles. The number of aliphatic imine (C=N–C) groups is 1. The lowest BCUT2D eigenvalue weighted by Gasteiger charge is -2.22. The molecule has 1 aromatic carbocycles. The van der Waals surface area contributed by atoms with E-state index in [-0.39, 0.29) is 24.0 Å². The SMILES string of the molecule is CN=C(NCc1cccc(OCC(F)F)c1)N(C)CCc1cccs1.I. The first-order valence-corrected chi connectivity index (χ1v) is 8.90. The summed E-state index contributed by atoms with van der Waals surface area (Å²) in [6.45, 7) is 0.809. The second kappa shape index (κ2) is 12.1. The minimum atomic E-state index is -2.47. The van der Waals surface area contributed by atoms with Gasteiger partial charge in [0.25, 0.3) is 6.43 Å². The number of rotatable bonds is 8. The van der Waals surface area contributed by atoms with Crippen molar-refractivity contribution in [3.8, 4) is 5.75 Å². The summed E-state index contributed by atoms with van der Waals surface area (Å²) >= 11 is 1.75. The predicted molar refractivity (Wildman–Crippen MR) is 114 cm³/mol. The van der Waals surface area contributed by atoms with E-state index >= 15 is 0 Å². The summed E-state index contributed by atoms with van der Waals surface area (Å²) in [6.07, 6.45) is -1.51. The molecule has 1 heterocycles. The lowest BCUT2D eigenvalue weighted by molar-refractivity contribution is 0.0818. The van der Waals surface area contributed by atoms with Gasteiger partial charge in [-0.2, -0.15) is 0 Å². The highest BCUT2D eigenvalue weighted by Gasteiger charge is 2.07. The maximum absolute atomic E-state index is 12.2. The maximum atomic E-state index is 12.2. The van der Waals surface area contributed by atoms with Crippen LogP contribution in [0.5, 0.6) is 5.75 Å². The van der Waals surface area contributed by atoms with Crippen LogP contribution < -0.4 is 10.1 Å². The number of hydrogen-bond donors (Lipinski definition) is 1.